The number of hydrogen-bond acceptors (Lipinski definition) is 4. The Bertz CT molecular complexity index is 741. The van der Waals surface area contributed by atoms with Crippen LogP contribution in [0.5, 0.6) is 5.75 Å². The van der Waals surface area contributed by atoms with E-state index in [1.54, 1.807) is 26.2 Å². The summed E-state index contributed by atoms with van der Waals surface area (Å²) in [5.74, 6) is 0.412. The van der Waals surface area contributed by atoms with E-state index in [4.69, 9.17) is 4.74 Å². The summed E-state index contributed by atoms with van der Waals surface area (Å²) in [6.45, 7) is 3.61. The van der Waals surface area contributed by atoms with Crippen LogP contribution in [0.1, 0.15) is 40.9 Å². The topological polar surface area (TPSA) is 81.5 Å². The third-order valence-electron chi connectivity index (χ3n) is 3.90. The minimum absolute atomic E-state index is 0.0554. The number of benzene rings is 2. The Morgan fingerprint density at radius 1 is 1.25 bits per heavy atom. The Hall–Kier alpha value is -2.89. The maximum absolute atomic E-state index is 12.4. The minimum Gasteiger partial charge on any atom is -0.497 e. The molecule has 0 aliphatic carbocycles. The molecule has 0 aromatic heterocycles. The van der Waals surface area contributed by atoms with Crippen molar-refractivity contribution in [2.75, 3.05) is 7.11 Å². The Labute approximate surface area is 140 Å². The molecule has 1 N–H and O–H groups in total. The first-order chi connectivity index (χ1) is 11.5. The number of ether oxygens (including phenoxy) is 1. The van der Waals surface area contributed by atoms with Crippen LogP contribution in [-0.4, -0.2) is 17.9 Å². The molecule has 0 aliphatic rings. The van der Waals surface area contributed by atoms with Crippen LogP contribution in [0.4, 0.5) is 5.69 Å². The molecular formula is C18H20N2O4. The average Bonchev–Trinajstić information content (AvgIpc) is 2.59. The molecule has 1 atom stereocenters. The number of nitrogens with one attached hydrogen (secondary N) is 1. The molecule has 0 heterocycles. The van der Waals surface area contributed by atoms with E-state index in [9.17, 15) is 14.9 Å². The van der Waals surface area contributed by atoms with E-state index in [2.05, 4.69) is 5.32 Å². The quantitative estimate of drug-likeness (QED) is 0.646. The number of hydrogen-bond donors (Lipinski definition) is 1. The van der Waals surface area contributed by atoms with Gasteiger partial charge >= 0.3 is 0 Å². The summed E-state index contributed by atoms with van der Waals surface area (Å²) in [6, 6.07) is 11.8. The van der Waals surface area contributed by atoms with E-state index in [0.717, 1.165) is 11.3 Å². The van der Waals surface area contributed by atoms with Crippen molar-refractivity contribution in [3.8, 4) is 5.75 Å². The summed E-state index contributed by atoms with van der Waals surface area (Å²) >= 11 is 0. The van der Waals surface area contributed by atoms with Crippen LogP contribution in [0.2, 0.25) is 0 Å². The lowest BCUT2D eigenvalue weighted by Gasteiger charge is -2.18. The lowest BCUT2D eigenvalue weighted by Crippen LogP contribution is -2.28. The molecule has 0 bridgehead atoms. The largest absolute Gasteiger partial charge is 0.497 e. The highest BCUT2D eigenvalue weighted by Crippen LogP contribution is 2.22. The maximum Gasteiger partial charge on any atom is 0.273 e. The first-order valence-electron chi connectivity index (χ1n) is 7.66. The Kier molecular flexibility index (Phi) is 5.52. The number of nitrogens with zero attached hydrogens (tertiary/aromatic N) is 1. The highest BCUT2D eigenvalue weighted by atomic mass is 16.6. The van der Waals surface area contributed by atoms with Gasteiger partial charge in [0.15, 0.2) is 0 Å². The van der Waals surface area contributed by atoms with E-state index < -0.39 is 4.92 Å². The van der Waals surface area contributed by atoms with Gasteiger partial charge in [-0.3, -0.25) is 14.9 Å². The molecule has 2 aromatic rings. The van der Waals surface area contributed by atoms with Gasteiger partial charge in [-0.25, -0.2) is 0 Å². The van der Waals surface area contributed by atoms with Gasteiger partial charge in [0, 0.05) is 17.2 Å². The molecule has 2 aromatic carbocycles. The number of amides is 1. The summed E-state index contributed by atoms with van der Waals surface area (Å²) in [4.78, 5) is 23.0. The molecule has 1 unspecified atom stereocenters. The summed E-state index contributed by atoms with van der Waals surface area (Å²) in [5, 5.41) is 13.9. The highest BCUT2D eigenvalue weighted by Gasteiger charge is 2.18. The van der Waals surface area contributed by atoms with E-state index in [1.807, 2.05) is 31.2 Å². The molecule has 6 heteroatoms. The summed E-state index contributed by atoms with van der Waals surface area (Å²) in [7, 11) is 1.60. The van der Waals surface area contributed by atoms with Gasteiger partial charge in [-0.1, -0.05) is 25.1 Å². The van der Waals surface area contributed by atoms with Crippen molar-refractivity contribution in [2.45, 2.75) is 26.3 Å². The van der Waals surface area contributed by atoms with Crippen molar-refractivity contribution in [1.29, 1.82) is 0 Å². The second kappa shape index (κ2) is 7.59. The number of carbonyl (C=O) groups excluding carboxylic acids is 1. The Morgan fingerprint density at radius 3 is 2.46 bits per heavy atom. The highest BCUT2D eigenvalue weighted by molar-refractivity contribution is 5.95. The lowest BCUT2D eigenvalue weighted by atomic mass is 10.0. The summed E-state index contributed by atoms with van der Waals surface area (Å²) in [6.07, 6.45) is 0.700. The van der Waals surface area contributed by atoms with Crippen LogP contribution in [0.15, 0.2) is 42.5 Å². The van der Waals surface area contributed by atoms with Gasteiger partial charge in [-0.15, -0.1) is 0 Å². The molecule has 1 amide bonds. The predicted molar refractivity (Wildman–Crippen MR) is 91.3 cm³/mol. The fourth-order valence-electron chi connectivity index (χ4n) is 2.45. The number of rotatable bonds is 6. The molecule has 126 valence electrons. The maximum atomic E-state index is 12.4. The van der Waals surface area contributed by atoms with Crippen LogP contribution < -0.4 is 10.1 Å². The predicted octanol–water partition coefficient (Wildman–Crippen LogP) is 3.79. The Balaban J connectivity index is 2.19. The molecule has 0 fully saturated rings. The second-order valence-electron chi connectivity index (χ2n) is 5.47. The summed E-state index contributed by atoms with van der Waals surface area (Å²) in [5.41, 5.74) is 1.70. The van der Waals surface area contributed by atoms with Crippen molar-refractivity contribution in [2.24, 2.45) is 0 Å². The number of nitro benzene ring substituents is 1. The summed E-state index contributed by atoms with van der Waals surface area (Å²) < 4.78 is 5.13. The van der Waals surface area contributed by atoms with E-state index in [-0.39, 0.29) is 23.2 Å². The van der Waals surface area contributed by atoms with Crippen molar-refractivity contribution in [1.82, 2.24) is 5.32 Å². The molecule has 24 heavy (non-hydrogen) atoms. The van der Waals surface area contributed by atoms with Crippen LogP contribution >= 0.6 is 0 Å². The molecule has 0 aliphatic heterocycles. The molecule has 6 nitrogen and oxygen atoms in total. The second-order valence-corrected chi connectivity index (χ2v) is 5.47. The van der Waals surface area contributed by atoms with Crippen LogP contribution in [0.3, 0.4) is 0 Å². The van der Waals surface area contributed by atoms with Gasteiger partial charge in [-0.05, 0) is 37.1 Å². The van der Waals surface area contributed by atoms with Gasteiger partial charge < -0.3 is 10.1 Å². The fourth-order valence-corrected chi connectivity index (χ4v) is 2.45. The van der Waals surface area contributed by atoms with Crippen molar-refractivity contribution < 1.29 is 14.5 Å². The third kappa shape index (κ3) is 3.90. The zero-order valence-electron chi connectivity index (χ0n) is 13.9. The first-order valence-corrected chi connectivity index (χ1v) is 7.66. The monoisotopic (exact) mass is 328 g/mol. The van der Waals surface area contributed by atoms with Crippen LogP contribution in [0.25, 0.3) is 0 Å². The lowest BCUT2D eigenvalue weighted by molar-refractivity contribution is -0.385. The molecule has 0 saturated heterocycles. The smallest absolute Gasteiger partial charge is 0.273 e. The molecule has 0 saturated carbocycles. The first kappa shape index (κ1) is 17.5. The fraction of sp³-hybridized carbons (Fsp3) is 0.278. The molecular weight excluding hydrogens is 308 g/mol. The van der Waals surface area contributed by atoms with E-state index in [0.29, 0.717) is 12.0 Å². The van der Waals surface area contributed by atoms with Gasteiger partial charge in [0.05, 0.1) is 18.1 Å². The van der Waals surface area contributed by atoms with E-state index >= 15 is 0 Å². The normalized spacial score (nSPS) is 11.6. The van der Waals surface area contributed by atoms with Crippen molar-refractivity contribution in [3.05, 3.63) is 69.3 Å². The zero-order chi connectivity index (χ0) is 17.7. The molecule has 0 radical (unpaired) electrons. The molecule has 0 spiro atoms. The number of nitro groups is 1. The number of carbonyl (C=O) groups is 1. The van der Waals surface area contributed by atoms with Gasteiger partial charge in [-0.2, -0.15) is 0 Å². The van der Waals surface area contributed by atoms with Crippen LogP contribution in [0, 0.1) is 17.0 Å². The Morgan fingerprint density at radius 2 is 1.92 bits per heavy atom. The van der Waals surface area contributed by atoms with Gasteiger partial charge in [0.2, 0.25) is 0 Å². The van der Waals surface area contributed by atoms with Crippen molar-refractivity contribution in [3.63, 3.8) is 0 Å². The zero-order valence-corrected chi connectivity index (χ0v) is 13.9. The number of methoxy groups -OCH3 is 1. The van der Waals surface area contributed by atoms with E-state index in [1.165, 1.54) is 6.07 Å². The third-order valence-corrected chi connectivity index (χ3v) is 3.90. The minimum atomic E-state index is -0.479. The van der Waals surface area contributed by atoms with Crippen molar-refractivity contribution >= 4 is 11.6 Å². The average molecular weight is 328 g/mol. The van der Waals surface area contributed by atoms with Gasteiger partial charge in [0.1, 0.15) is 5.75 Å². The SMILES string of the molecule is CCC(NC(=O)c1ccc(C)c([N+](=O)[O-])c1)c1ccc(OC)cc1. The van der Waals surface area contributed by atoms with Crippen LogP contribution in [-0.2, 0) is 0 Å². The molecule has 2 rings (SSSR count). The standard InChI is InChI=1S/C18H20N2O4/c1-4-16(13-7-9-15(24-3)10-8-13)19-18(21)14-6-5-12(2)17(11-14)20(22)23/h5-11,16H,4H2,1-3H3,(H,19,21). The van der Waals surface area contributed by atoms with Gasteiger partial charge in [0.25, 0.3) is 11.6 Å². The number of aryl methyl sites for hydroxylation is 1.